The van der Waals surface area contributed by atoms with Crippen molar-refractivity contribution in [3.63, 3.8) is 0 Å². The molecule has 0 amide bonds. The van der Waals surface area contributed by atoms with E-state index in [1.807, 2.05) is 30.3 Å². The molecule has 0 aliphatic rings. The van der Waals surface area contributed by atoms with E-state index in [4.69, 9.17) is 12.6 Å². The van der Waals surface area contributed by atoms with Gasteiger partial charge in [-0.05, 0) is 53.0 Å². The smallest absolute Gasteiger partial charge is 0.240 e. The van der Waals surface area contributed by atoms with Gasteiger partial charge in [0, 0.05) is 30.9 Å². The summed E-state index contributed by atoms with van der Waals surface area (Å²) in [6.45, 7) is 4.08. The molecule has 9 nitrogen and oxygen atoms in total. The van der Waals surface area contributed by atoms with Crippen molar-refractivity contribution in [3.05, 3.63) is 109 Å². The minimum Gasteiger partial charge on any atom is -0.507 e. The van der Waals surface area contributed by atoms with Crippen LogP contribution in [0.4, 0.5) is 5.82 Å². The Morgan fingerprint density at radius 3 is 2.38 bits per heavy atom. The Balaban J connectivity index is 1.27. The standard InChI is InChI=1S/C28H24BN5O4S/c1-2-38-21-11-13-22(14-12-21)39(36,37)32-17-20-9-7-19(8-10-20)16-30-27-15-25(23-5-3-4-6-26(23)35)33-28-24(29)18-31-34(27)28/h2-15,18,30,32,35H,1,16-17H2. The van der Waals surface area contributed by atoms with Gasteiger partial charge in [-0.15, -0.1) is 0 Å². The van der Waals surface area contributed by atoms with E-state index < -0.39 is 10.0 Å². The maximum Gasteiger partial charge on any atom is 0.240 e. The third kappa shape index (κ3) is 5.79. The Morgan fingerprint density at radius 1 is 1.00 bits per heavy atom. The molecule has 0 unspecified atom stereocenters. The van der Waals surface area contributed by atoms with Gasteiger partial charge < -0.3 is 15.2 Å². The fourth-order valence-electron chi connectivity index (χ4n) is 3.96. The second-order valence-electron chi connectivity index (χ2n) is 8.63. The molecule has 5 rings (SSSR count). The molecule has 5 aromatic rings. The summed E-state index contributed by atoms with van der Waals surface area (Å²) in [4.78, 5) is 4.72. The lowest BCUT2D eigenvalue weighted by atomic mass is 10.0. The van der Waals surface area contributed by atoms with E-state index in [-0.39, 0.29) is 17.2 Å². The van der Waals surface area contributed by atoms with Gasteiger partial charge in [0.1, 0.15) is 25.2 Å². The summed E-state index contributed by atoms with van der Waals surface area (Å²) in [5.41, 5.74) is 3.81. The summed E-state index contributed by atoms with van der Waals surface area (Å²) >= 11 is 0. The molecule has 0 aliphatic heterocycles. The zero-order valence-electron chi connectivity index (χ0n) is 20.8. The van der Waals surface area contributed by atoms with Gasteiger partial charge in [0.15, 0.2) is 5.65 Å². The number of nitrogens with zero attached hydrogens (tertiary/aromatic N) is 3. The number of rotatable bonds is 10. The number of fused-ring (bicyclic) bond motifs is 1. The maximum atomic E-state index is 12.6. The number of ether oxygens (including phenoxy) is 1. The molecule has 0 saturated heterocycles. The van der Waals surface area contributed by atoms with Gasteiger partial charge in [0.25, 0.3) is 0 Å². The molecule has 0 atom stereocenters. The van der Waals surface area contributed by atoms with Gasteiger partial charge >= 0.3 is 0 Å². The fraction of sp³-hybridized carbons (Fsp3) is 0.0714. The van der Waals surface area contributed by atoms with E-state index >= 15 is 0 Å². The van der Waals surface area contributed by atoms with Crippen LogP contribution in [0.1, 0.15) is 11.1 Å². The second kappa shape index (κ2) is 11.0. The molecule has 39 heavy (non-hydrogen) atoms. The molecule has 2 aromatic heterocycles. The van der Waals surface area contributed by atoms with E-state index in [0.717, 1.165) is 11.1 Å². The van der Waals surface area contributed by atoms with Crippen molar-refractivity contribution in [3.8, 4) is 22.8 Å². The van der Waals surface area contributed by atoms with Crippen LogP contribution in [-0.2, 0) is 23.1 Å². The van der Waals surface area contributed by atoms with Crippen LogP contribution in [0.2, 0.25) is 0 Å². The number of phenolic OH excluding ortho intramolecular Hbond substituents is 1. The van der Waals surface area contributed by atoms with Crippen LogP contribution in [0.3, 0.4) is 0 Å². The third-order valence-electron chi connectivity index (χ3n) is 6.00. The van der Waals surface area contributed by atoms with E-state index in [0.29, 0.717) is 40.5 Å². The number of phenols is 1. The van der Waals surface area contributed by atoms with Crippen molar-refractivity contribution in [2.45, 2.75) is 18.0 Å². The van der Waals surface area contributed by atoms with Gasteiger partial charge in [-0.1, -0.05) is 43.0 Å². The first-order valence-electron chi connectivity index (χ1n) is 12.0. The van der Waals surface area contributed by atoms with Crippen LogP contribution >= 0.6 is 0 Å². The van der Waals surface area contributed by atoms with Crippen LogP contribution in [-0.4, -0.2) is 36.0 Å². The minimum absolute atomic E-state index is 0.114. The van der Waals surface area contributed by atoms with Crippen LogP contribution in [0.15, 0.2) is 103 Å². The van der Waals surface area contributed by atoms with Gasteiger partial charge in [0.05, 0.1) is 16.9 Å². The van der Waals surface area contributed by atoms with Crippen molar-refractivity contribution >= 4 is 34.8 Å². The van der Waals surface area contributed by atoms with Crippen LogP contribution in [0.25, 0.3) is 16.9 Å². The van der Waals surface area contributed by atoms with Crippen molar-refractivity contribution < 1.29 is 18.3 Å². The minimum atomic E-state index is -3.68. The molecule has 2 radical (unpaired) electrons. The topological polar surface area (TPSA) is 118 Å². The van der Waals surface area contributed by atoms with Gasteiger partial charge in [0.2, 0.25) is 10.0 Å². The van der Waals surface area contributed by atoms with Crippen molar-refractivity contribution in [1.82, 2.24) is 19.3 Å². The van der Waals surface area contributed by atoms with E-state index in [1.165, 1.54) is 24.6 Å². The highest BCUT2D eigenvalue weighted by molar-refractivity contribution is 7.89. The average Bonchev–Trinajstić information content (AvgIpc) is 3.32. The molecule has 3 N–H and O–H groups in total. The number of sulfonamides is 1. The summed E-state index contributed by atoms with van der Waals surface area (Å²) < 4.78 is 34.6. The van der Waals surface area contributed by atoms with Crippen molar-refractivity contribution in [2.24, 2.45) is 0 Å². The van der Waals surface area contributed by atoms with E-state index in [1.54, 1.807) is 40.9 Å². The largest absolute Gasteiger partial charge is 0.507 e. The van der Waals surface area contributed by atoms with E-state index in [9.17, 15) is 13.5 Å². The lowest BCUT2D eigenvalue weighted by molar-refractivity contribution is 0.477. The Labute approximate surface area is 227 Å². The van der Waals surface area contributed by atoms with Crippen LogP contribution in [0.5, 0.6) is 11.5 Å². The van der Waals surface area contributed by atoms with Crippen LogP contribution in [0, 0.1) is 0 Å². The zero-order valence-corrected chi connectivity index (χ0v) is 21.6. The monoisotopic (exact) mass is 537 g/mol. The van der Waals surface area contributed by atoms with Gasteiger partial charge in [-0.25, -0.2) is 18.1 Å². The Morgan fingerprint density at radius 2 is 1.69 bits per heavy atom. The quantitative estimate of drug-likeness (QED) is 0.184. The summed E-state index contributed by atoms with van der Waals surface area (Å²) in [5.74, 6) is 1.27. The van der Waals surface area contributed by atoms with Gasteiger partial charge in [-0.3, -0.25) is 0 Å². The Hall–Kier alpha value is -4.61. The Kier molecular flexibility index (Phi) is 7.35. The lowest BCUT2D eigenvalue weighted by Gasteiger charge is -2.12. The summed E-state index contributed by atoms with van der Waals surface area (Å²) in [6, 6.07) is 22.4. The molecule has 0 spiro atoms. The second-order valence-corrected chi connectivity index (χ2v) is 10.4. The normalized spacial score (nSPS) is 11.4. The number of aromatic nitrogens is 3. The molecule has 11 heteroatoms. The predicted molar refractivity (Wildman–Crippen MR) is 151 cm³/mol. The highest BCUT2D eigenvalue weighted by Gasteiger charge is 2.15. The number of hydrogen-bond acceptors (Lipinski definition) is 7. The first-order chi connectivity index (χ1) is 18.8. The molecule has 194 valence electrons. The maximum absolute atomic E-state index is 12.6. The Bertz CT molecular complexity index is 1740. The van der Waals surface area contributed by atoms with E-state index in [2.05, 4.69) is 26.7 Å². The molecule has 0 fully saturated rings. The SMILES string of the molecule is [B]c1cnn2c(NCc3ccc(CNS(=O)(=O)c4ccc(OC=C)cc4)cc3)cc(-c3ccccc3O)nc12. The third-order valence-corrected chi connectivity index (χ3v) is 7.41. The first kappa shape index (κ1) is 26.0. The number of para-hydroxylation sites is 1. The number of anilines is 1. The lowest BCUT2D eigenvalue weighted by Crippen LogP contribution is -2.23. The molecule has 0 saturated carbocycles. The highest BCUT2D eigenvalue weighted by Crippen LogP contribution is 2.29. The fourth-order valence-corrected chi connectivity index (χ4v) is 4.97. The summed E-state index contributed by atoms with van der Waals surface area (Å²) in [7, 11) is 2.39. The molecule has 0 aliphatic carbocycles. The number of aromatic hydroxyl groups is 1. The molecule has 2 heterocycles. The predicted octanol–water partition coefficient (Wildman–Crippen LogP) is 3.51. The van der Waals surface area contributed by atoms with Crippen molar-refractivity contribution in [1.29, 1.82) is 0 Å². The average molecular weight is 537 g/mol. The van der Waals surface area contributed by atoms with Crippen LogP contribution < -0.4 is 20.2 Å². The number of hydrogen-bond donors (Lipinski definition) is 3. The zero-order chi connectivity index (χ0) is 27.4. The highest BCUT2D eigenvalue weighted by atomic mass is 32.2. The summed E-state index contributed by atoms with van der Waals surface area (Å²) in [5, 5.41) is 18.0. The van der Waals surface area contributed by atoms with Crippen molar-refractivity contribution in [2.75, 3.05) is 5.32 Å². The molecule has 3 aromatic carbocycles. The first-order valence-corrected chi connectivity index (χ1v) is 13.4. The molecular formula is C28H24BN5O4S. The number of benzene rings is 3. The molecular weight excluding hydrogens is 513 g/mol. The molecule has 0 bridgehead atoms. The van der Waals surface area contributed by atoms with Gasteiger partial charge in [-0.2, -0.15) is 9.61 Å². The summed E-state index contributed by atoms with van der Waals surface area (Å²) in [6.07, 6.45) is 2.81. The number of nitrogens with one attached hydrogen (secondary N) is 2.